The smallest absolute Gasteiger partial charge is 0.168 e. The summed E-state index contributed by atoms with van der Waals surface area (Å²) < 4.78 is 7.54. The van der Waals surface area contributed by atoms with Gasteiger partial charge in [-0.1, -0.05) is 204 Å². The minimum absolute atomic E-state index is 0.0824. The SMILES string of the molecule is CC(C)(C)c1ccc2c(c1)c1cc(C(C)(C)C)ccc1n2-c1cc2c(c(-n3c4ccc(C(C)(C)C)cc4c4cc(C(C)(C)C)ccc43)c1-c1nc(-c3ccccc3)nc(-c3ccccc3)n1)c1ccccc1n2-c1ccccc1. The van der Waals surface area contributed by atoms with Crippen molar-refractivity contribution in [2.24, 2.45) is 0 Å². The molecule has 4 aromatic heterocycles. The molecule has 13 aromatic rings. The predicted octanol–water partition coefficient (Wildman–Crippen LogP) is 19.4. The molecule has 0 fully saturated rings. The highest BCUT2D eigenvalue weighted by molar-refractivity contribution is 6.21. The Kier molecular flexibility index (Phi) is 11.4. The van der Waals surface area contributed by atoms with E-state index in [2.05, 4.69) is 279 Å². The average Bonchev–Trinajstić information content (AvgIpc) is 3.38. The first-order valence-corrected chi connectivity index (χ1v) is 27.9. The van der Waals surface area contributed by atoms with Gasteiger partial charge in [-0.05, 0) is 117 Å². The lowest BCUT2D eigenvalue weighted by atomic mass is 9.85. The fourth-order valence-electron chi connectivity index (χ4n) is 11.9. The van der Waals surface area contributed by atoms with Crippen LogP contribution in [0, 0.1) is 0 Å². The molecule has 0 aliphatic carbocycles. The quantitative estimate of drug-likeness (QED) is 0.167. The number of para-hydroxylation sites is 2. The zero-order valence-corrected chi connectivity index (χ0v) is 47.7. The Morgan fingerprint density at radius 1 is 0.291 bits per heavy atom. The molecule has 0 saturated carbocycles. The van der Waals surface area contributed by atoms with Gasteiger partial charge in [-0.2, -0.15) is 0 Å². The fourth-order valence-corrected chi connectivity index (χ4v) is 11.9. The summed E-state index contributed by atoms with van der Waals surface area (Å²) in [7, 11) is 0. The Hall–Kier alpha value is -8.61. The van der Waals surface area contributed by atoms with E-state index in [9.17, 15) is 0 Å². The van der Waals surface area contributed by atoms with Crippen molar-refractivity contribution >= 4 is 65.4 Å². The third kappa shape index (κ3) is 8.34. The molecule has 79 heavy (non-hydrogen) atoms. The second kappa shape index (κ2) is 18.0. The molecule has 4 heterocycles. The van der Waals surface area contributed by atoms with Crippen LogP contribution < -0.4 is 0 Å². The van der Waals surface area contributed by atoms with Crippen LogP contribution in [0.3, 0.4) is 0 Å². The molecule has 9 aromatic carbocycles. The molecular formula is C73H68N6. The summed E-state index contributed by atoms with van der Waals surface area (Å²) in [6, 6.07) is 71.6. The largest absolute Gasteiger partial charge is 0.309 e. The molecule has 0 amide bonds. The highest BCUT2D eigenvalue weighted by atomic mass is 15.1. The van der Waals surface area contributed by atoms with Crippen LogP contribution >= 0.6 is 0 Å². The number of hydrogen-bond acceptors (Lipinski definition) is 3. The summed E-state index contributed by atoms with van der Waals surface area (Å²) in [4.78, 5) is 16.8. The van der Waals surface area contributed by atoms with Crippen molar-refractivity contribution in [3.63, 3.8) is 0 Å². The van der Waals surface area contributed by atoms with Crippen LogP contribution in [-0.2, 0) is 21.7 Å². The summed E-state index contributed by atoms with van der Waals surface area (Å²) in [5.74, 6) is 1.79. The first-order valence-electron chi connectivity index (χ1n) is 27.9. The van der Waals surface area contributed by atoms with Crippen LogP contribution in [0.25, 0.3) is 117 Å². The molecule has 0 aliphatic rings. The van der Waals surface area contributed by atoms with Crippen LogP contribution in [0.15, 0.2) is 194 Å². The summed E-state index contributed by atoms with van der Waals surface area (Å²) in [5, 5.41) is 7.05. The number of fused-ring (bicyclic) bond motifs is 9. The Balaban J connectivity index is 1.33. The zero-order valence-electron chi connectivity index (χ0n) is 47.7. The van der Waals surface area contributed by atoms with E-state index < -0.39 is 0 Å². The molecule has 6 heteroatoms. The lowest BCUT2D eigenvalue weighted by molar-refractivity contribution is 0.590. The Bertz CT molecular complexity index is 4340. The minimum atomic E-state index is -0.0888. The highest BCUT2D eigenvalue weighted by Gasteiger charge is 2.32. The number of hydrogen-bond donors (Lipinski definition) is 0. The van der Waals surface area contributed by atoms with Gasteiger partial charge >= 0.3 is 0 Å². The van der Waals surface area contributed by atoms with E-state index >= 15 is 0 Å². The molecule has 0 bridgehead atoms. The highest BCUT2D eigenvalue weighted by Crippen LogP contribution is 2.50. The maximum Gasteiger partial charge on any atom is 0.168 e. The van der Waals surface area contributed by atoms with E-state index in [4.69, 9.17) is 15.0 Å². The van der Waals surface area contributed by atoms with E-state index in [1.165, 1.54) is 43.8 Å². The Labute approximate surface area is 464 Å². The fraction of sp³-hybridized carbons (Fsp3) is 0.219. The van der Waals surface area contributed by atoms with E-state index in [-0.39, 0.29) is 21.7 Å². The van der Waals surface area contributed by atoms with Gasteiger partial charge in [0, 0.05) is 49.1 Å². The first kappa shape index (κ1) is 49.9. The average molecular weight is 1030 g/mol. The van der Waals surface area contributed by atoms with Gasteiger partial charge in [-0.25, -0.2) is 15.0 Å². The molecule has 0 N–H and O–H groups in total. The van der Waals surface area contributed by atoms with Gasteiger partial charge in [-0.15, -0.1) is 0 Å². The first-order chi connectivity index (χ1) is 37.7. The van der Waals surface area contributed by atoms with Crippen molar-refractivity contribution in [1.82, 2.24) is 28.7 Å². The maximum absolute atomic E-state index is 5.74. The molecule has 6 nitrogen and oxygen atoms in total. The van der Waals surface area contributed by atoms with Crippen LogP contribution in [-0.4, -0.2) is 28.7 Å². The third-order valence-electron chi connectivity index (χ3n) is 16.3. The predicted molar refractivity (Wildman–Crippen MR) is 334 cm³/mol. The van der Waals surface area contributed by atoms with Crippen LogP contribution in [0.1, 0.15) is 105 Å². The van der Waals surface area contributed by atoms with Gasteiger partial charge in [0.25, 0.3) is 0 Å². The van der Waals surface area contributed by atoms with Gasteiger partial charge in [0.05, 0.1) is 50.0 Å². The lowest BCUT2D eigenvalue weighted by Crippen LogP contribution is -2.11. The second-order valence-electron chi connectivity index (χ2n) is 25.8. The van der Waals surface area contributed by atoms with Crippen molar-refractivity contribution in [2.75, 3.05) is 0 Å². The summed E-state index contributed by atoms with van der Waals surface area (Å²) in [6.45, 7) is 27.7. The van der Waals surface area contributed by atoms with Crippen molar-refractivity contribution in [1.29, 1.82) is 0 Å². The molecule has 0 unspecified atom stereocenters. The summed E-state index contributed by atoms with van der Waals surface area (Å²) in [5.41, 5.74) is 17.2. The third-order valence-corrected chi connectivity index (χ3v) is 16.3. The molecule has 390 valence electrons. The zero-order chi connectivity index (χ0) is 54.9. The number of nitrogens with zero attached hydrogens (tertiary/aromatic N) is 6. The number of benzene rings is 9. The van der Waals surface area contributed by atoms with Crippen LogP contribution in [0.5, 0.6) is 0 Å². The molecule has 0 atom stereocenters. The summed E-state index contributed by atoms with van der Waals surface area (Å²) >= 11 is 0. The standard InChI is InChI=1S/C73H68N6/c1-70(2,3)47-32-36-58-53(40-47)54-41-48(71(4,5)6)33-37-59(54)78(58)63-44-62-64(52-30-22-23-31-57(52)77(62)51-28-20-15-21-29-51)66(65(63)69-75-67(45-24-16-13-17-25-45)74-68(76-69)46-26-18-14-19-27-46)79-60-38-34-49(72(7,8)9)42-55(60)56-43-50(73(10,11)12)35-39-61(56)79/h13-44H,1-12H3. The Morgan fingerprint density at radius 3 is 1.06 bits per heavy atom. The van der Waals surface area contributed by atoms with E-state index in [1.54, 1.807) is 0 Å². The number of rotatable bonds is 6. The monoisotopic (exact) mass is 1030 g/mol. The van der Waals surface area contributed by atoms with Gasteiger partial charge in [0.15, 0.2) is 17.5 Å². The number of aromatic nitrogens is 6. The van der Waals surface area contributed by atoms with Crippen LogP contribution in [0.2, 0.25) is 0 Å². The van der Waals surface area contributed by atoms with Crippen molar-refractivity contribution in [3.05, 3.63) is 216 Å². The Morgan fingerprint density at radius 2 is 0.646 bits per heavy atom. The molecule has 13 rings (SSSR count). The lowest BCUT2D eigenvalue weighted by Gasteiger charge is -2.23. The van der Waals surface area contributed by atoms with E-state index in [0.717, 1.165) is 77.6 Å². The molecule has 0 aliphatic heterocycles. The van der Waals surface area contributed by atoms with Gasteiger partial charge in [0.2, 0.25) is 0 Å². The minimum Gasteiger partial charge on any atom is -0.309 e. The van der Waals surface area contributed by atoms with Gasteiger partial charge < -0.3 is 13.7 Å². The maximum atomic E-state index is 5.74. The molecular weight excluding hydrogens is 961 g/mol. The van der Waals surface area contributed by atoms with Crippen LogP contribution in [0.4, 0.5) is 0 Å². The summed E-state index contributed by atoms with van der Waals surface area (Å²) in [6.07, 6.45) is 0. The topological polar surface area (TPSA) is 53.5 Å². The van der Waals surface area contributed by atoms with Gasteiger partial charge in [0.1, 0.15) is 0 Å². The second-order valence-corrected chi connectivity index (χ2v) is 25.8. The van der Waals surface area contributed by atoms with Crippen molar-refractivity contribution in [3.8, 4) is 51.2 Å². The molecule has 0 saturated heterocycles. The van der Waals surface area contributed by atoms with Gasteiger partial charge in [-0.3, -0.25) is 0 Å². The normalized spacial score (nSPS) is 12.8. The molecule has 0 radical (unpaired) electrons. The van der Waals surface area contributed by atoms with E-state index in [1.807, 2.05) is 12.1 Å². The molecule has 0 spiro atoms. The van der Waals surface area contributed by atoms with Crippen molar-refractivity contribution in [2.45, 2.75) is 105 Å². The van der Waals surface area contributed by atoms with E-state index in [0.29, 0.717) is 17.5 Å². The van der Waals surface area contributed by atoms with Crippen molar-refractivity contribution < 1.29 is 0 Å².